The Morgan fingerprint density at radius 1 is 1.20 bits per heavy atom. The lowest BCUT2D eigenvalue weighted by Crippen LogP contribution is -2.14. The number of carbonyl (C=O) groups excluding carboxylic acids is 1. The van der Waals surface area contributed by atoms with E-state index in [4.69, 9.17) is 0 Å². The molecule has 0 spiro atoms. The number of benzene rings is 2. The van der Waals surface area contributed by atoms with Crippen molar-refractivity contribution < 1.29 is 14.1 Å². The van der Waals surface area contributed by atoms with Crippen LogP contribution in [0, 0.1) is 19.5 Å². The molecular formula is C13H8FIN2O3. The first-order chi connectivity index (χ1) is 9.47. The van der Waals surface area contributed by atoms with Crippen molar-refractivity contribution in [3.63, 3.8) is 0 Å². The van der Waals surface area contributed by atoms with Crippen LogP contribution in [-0.4, -0.2) is 10.8 Å². The fourth-order valence-electron chi connectivity index (χ4n) is 1.58. The van der Waals surface area contributed by atoms with E-state index >= 15 is 0 Å². The summed E-state index contributed by atoms with van der Waals surface area (Å²) in [6.07, 6.45) is 0. The summed E-state index contributed by atoms with van der Waals surface area (Å²) in [7, 11) is 0. The Labute approximate surface area is 127 Å². The third kappa shape index (κ3) is 3.29. The first-order valence-electron chi connectivity index (χ1n) is 5.48. The average Bonchev–Trinajstić information content (AvgIpc) is 2.41. The summed E-state index contributed by atoms with van der Waals surface area (Å²) < 4.78 is 14.0. The second-order valence-corrected chi connectivity index (χ2v) is 5.13. The Kier molecular flexibility index (Phi) is 4.28. The van der Waals surface area contributed by atoms with E-state index in [1.54, 1.807) is 24.3 Å². The van der Waals surface area contributed by atoms with Gasteiger partial charge in [-0.15, -0.1) is 0 Å². The number of anilines is 1. The summed E-state index contributed by atoms with van der Waals surface area (Å²) in [6.45, 7) is 0. The number of hydrogen-bond donors (Lipinski definition) is 1. The molecule has 0 aromatic heterocycles. The van der Waals surface area contributed by atoms with E-state index in [-0.39, 0.29) is 5.56 Å². The Hall–Kier alpha value is -2.03. The molecule has 5 nitrogen and oxygen atoms in total. The van der Waals surface area contributed by atoms with Crippen molar-refractivity contribution in [2.75, 3.05) is 5.32 Å². The smallest absolute Gasteiger partial charge is 0.285 e. The summed E-state index contributed by atoms with van der Waals surface area (Å²) in [6, 6.07) is 9.75. The zero-order valence-electron chi connectivity index (χ0n) is 9.97. The highest BCUT2D eigenvalue weighted by Gasteiger charge is 2.20. The summed E-state index contributed by atoms with van der Waals surface area (Å²) in [4.78, 5) is 22.0. The minimum Gasteiger partial charge on any atom is -0.322 e. The monoisotopic (exact) mass is 386 g/mol. The van der Waals surface area contributed by atoms with Crippen molar-refractivity contribution in [3.05, 3.63) is 67.5 Å². The number of rotatable bonds is 3. The van der Waals surface area contributed by atoms with Crippen LogP contribution in [0.2, 0.25) is 0 Å². The lowest BCUT2D eigenvalue weighted by molar-refractivity contribution is -0.385. The third-order valence-electron chi connectivity index (χ3n) is 2.50. The molecule has 102 valence electrons. The van der Waals surface area contributed by atoms with Crippen LogP contribution in [0.1, 0.15) is 10.4 Å². The molecule has 0 saturated heterocycles. The van der Waals surface area contributed by atoms with E-state index in [0.29, 0.717) is 5.69 Å². The van der Waals surface area contributed by atoms with Crippen LogP contribution in [0.3, 0.4) is 0 Å². The fourth-order valence-corrected chi connectivity index (χ4v) is 1.94. The fraction of sp³-hybridized carbons (Fsp3) is 0. The van der Waals surface area contributed by atoms with Crippen LogP contribution < -0.4 is 5.32 Å². The second-order valence-electron chi connectivity index (χ2n) is 3.88. The Morgan fingerprint density at radius 3 is 2.45 bits per heavy atom. The van der Waals surface area contributed by atoms with Crippen LogP contribution in [0.15, 0.2) is 42.5 Å². The van der Waals surface area contributed by atoms with Gasteiger partial charge in [-0.2, -0.15) is 0 Å². The van der Waals surface area contributed by atoms with Crippen LogP contribution in [0.5, 0.6) is 0 Å². The first kappa shape index (κ1) is 14.4. The molecule has 20 heavy (non-hydrogen) atoms. The quantitative estimate of drug-likeness (QED) is 0.498. The van der Waals surface area contributed by atoms with Gasteiger partial charge in [-0.1, -0.05) is 0 Å². The van der Waals surface area contributed by atoms with Gasteiger partial charge in [0.2, 0.25) is 0 Å². The van der Waals surface area contributed by atoms with Crippen molar-refractivity contribution in [3.8, 4) is 0 Å². The number of nitro benzene ring substituents is 1. The molecule has 0 unspecified atom stereocenters. The predicted molar refractivity (Wildman–Crippen MR) is 80.2 cm³/mol. The van der Waals surface area contributed by atoms with E-state index in [2.05, 4.69) is 27.9 Å². The van der Waals surface area contributed by atoms with E-state index in [0.717, 1.165) is 21.8 Å². The summed E-state index contributed by atoms with van der Waals surface area (Å²) in [5, 5.41) is 13.4. The van der Waals surface area contributed by atoms with Crippen molar-refractivity contribution in [1.82, 2.24) is 0 Å². The minimum absolute atomic E-state index is 0.185. The van der Waals surface area contributed by atoms with Crippen LogP contribution in [-0.2, 0) is 0 Å². The zero-order valence-corrected chi connectivity index (χ0v) is 12.1. The molecule has 0 aliphatic rings. The van der Waals surface area contributed by atoms with Gasteiger partial charge in [-0.25, -0.2) is 4.39 Å². The molecule has 0 heterocycles. The van der Waals surface area contributed by atoms with Gasteiger partial charge < -0.3 is 5.32 Å². The molecule has 2 aromatic rings. The van der Waals surface area contributed by atoms with Gasteiger partial charge in [0.05, 0.1) is 11.0 Å². The Balaban J connectivity index is 2.29. The van der Waals surface area contributed by atoms with Crippen LogP contribution >= 0.6 is 22.6 Å². The lowest BCUT2D eigenvalue weighted by atomic mass is 10.1. The number of carbonyl (C=O) groups is 1. The van der Waals surface area contributed by atoms with E-state index in [1.165, 1.54) is 0 Å². The number of nitrogens with one attached hydrogen (secondary N) is 1. The zero-order chi connectivity index (χ0) is 14.7. The normalized spacial score (nSPS) is 10.1. The molecule has 1 amide bonds. The predicted octanol–water partition coefficient (Wildman–Crippen LogP) is 3.59. The molecule has 0 fully saturated rings. The molecule has 0 atom stereocenters. The van der Waals surface area contributed by atoms with Gasteiger partial charge in [0.1, 0.15) is 11.4 Å². The summed E-state index contributed by atoms with van der Waals surface area (Å²) >= 11 is 2.12. The summed E-state index contributed by atoms with van der Waals surface area (Å²) in [5.41, 5.74) is -0.239. The second kappa shape index (κ2) is 5.95. The van der Waals surface area contributed by atoms with Gasteiger partial charge in [-0.05, 0) is 59.0 Å². The SMILES string of the molecule is O=C(Nc1ccc(I)cc1)c1ccc(F)cc1[N+](=O)[O-]. The maximum atomic E-state index is 13.0. The number of amides is 1. The average molecular weight is 386 g/mol. The largest absolute Gasteiger partial charge is 0.322 e. The maximum Gasteiger partial charge on any atom is 0.285 e. The first-order valence-corrected chi connectivity index (χ1v) is 6.56. The molecule has 0 aliphatic heterocycles. The van der Waals surface area contributed by atoms with Crippen molar-refractivity contribution in [2.24, 2.45) is 0 Å². The highest BCUT2D eigenvalue weighted by Crippen LogP contribution is 2.21. The van der Waals surface area contributed by atoms with E-state index in [9.17, 15) is 19.3 Å². The molecule has 2 rings (SSSR count). The van der Waals surface area contributed by atoms with Gasteiger partial charge in [0.15, 0.2) is 0 Å². The molecule has 2 aromatic carbocycles. The highest BCUT2D eigenvalue weighted by molar-refractivity contribution is 14.1. The van der Waals surface area contributed by atoms with Crippen molar-refractivity contribution >= 4 is 39.9 Å². The highest BCUT2D eigenvalue weighted by atomic mass is 127. The van der Waals surface area contributed by atoms with Gasteiger partial charge >= 0.3 is 0 Å². The number of nitrogens with zero attached hydrogens (tertiary/aromatic N) is 1. The molecule has 0 radical (unpaired) electrons. The van der Waals surface area contributed by atoms with E-state index < -0.39 is 22.3 Å². The minimum atomic E-state index is -0.786. The van der Waals surface area contributed by atoms with Crippen LogP contribution in [0.4, 0.5) is 15.8 Å². The van der Waals surface area contributed by atoms with Crippen molar-refractivity contribution in [2.45, 2.75) is 0 Å². The van der Waals surface area contributed by atoms with E-state index in [1.807, 2.05) is 0 Å². The standard InChI is InChI=1S/C13H8FIN2O3/c14-8-1-6-11(12(7-8)17(19)20)13(18)16-10-4-2-9(15)3-5-10/h1-7H,(H,16,18). The maximum absolute atomic E-state index is 13.0. The van der Waals surface area contributed by atoms with Crippen molar-refractivity contribution in [1.29, 1.82) is 0 Å². The molecule has 0 bridgehead atoms. The third-order valence-corrected chi connectivity index (χ3v) is 3.22. The van der Waals surface area contributed by atoms with Crippen LogP contribution in [0.25, 0.3) is 0 Å². The molecule has 0 saturated carbocycles. The molecule has 7 heteroatoms. The molecular weight excluding hydrogens is 378 g/mol. The topological polar surface area (TPSA) is 72.2 Å². The Morgan fingerprint density at radius 2 is 1.85 bits per heavy atom. The number of nitro groups is 1. The van der Waals surface area contributed by atoms with Gasteiger partial charge in [0.25, 0.3) is 11.6 Å². The summed E-state index contributed by atoms with van der Waals surface area (Å²) in [5.74, 6) is -1.42. The Bertz CT molecular complexity index is 674. The van der Waals surface area contributed by atoms with Gasteiger partial charge in [0, 0.05) is 9.26 Å². The number of hydrogen-bond acceptors (Lipinski definition) is 3. The molecule has 0 aliphatic carbocycles. The lowest BCUT2D eigenvalue weighted by Gasteiger charge is -2.06. The number of halogens is 2. The molecule has 1 N–H and O–H groups in total. The van der Waals surface area contributed by atoms with Gasteiger partial charge in [-0.3, -0.25) is 14.9 Å².